The third-order valence-electron chi connectivity index (χ3n) is 4.01. The lowest BCUT2D eigenvalue weighted by molar-refractivity contribution is -0.181. The molecule has 1 amide bonds. The third kappa shape index (κ3) is 2.64. The molecule has 0 atom stereocenters. The Kier molecular flexibility index (Phi) is 3.65. The van der Waals surface area contributed by atoms with Gasteiger partial charge in [-0.05, 0) is 12.1 Å². The molecule has 1 aromatic rings. The molecule has 0 aliphatic carbocycles. The van der Waals surface area contributed by atoms with Crippen LogP contribution in [0, 0.1) is 0 Å². The summed E-state index contributed by atoms with van der Waals surface area (Å²) in [5, 5.41) is 9.17. The lowest BCUT2D eigenvalue weighted by atomic mass is 10.0. The number of carboxylic acids is 1. The summed E-state index contributed by atoms with van der Waals surface area (Å²) in [4.78, 5) is 25.4. The molecule has 2 saturated heterocycles. The second-order valence-corrected chi connectivity index (χ2v) is 5.25. The first-order valence-electron chi connectivity index (χ1n) is 7.01. The Morgan fingerprint density at radius 1 is 1.05 bits per heavy atom. The fourth-order valence-corrected chi connectivity index (χ4v) is 2.86. The summed E-state index contributed by atoms with van der Waals surface area (Å²) in [6.07, 6.45) is 1.24. The molecule has 0 aromatic heterocycles. The average molecular weight is 291 g/mol. The van der Waals surface area contributed by atoms with Crippen LogP contribution >= 0.6 is 0 Å². The van der Waals surface area contributed by atoms with Crippen LogP contribution in [-0.4, -0.2) is 54.0 Å². The van der Waals surface area contributed by atoms with E-state index in [0.29, 0.717) is 39.1 Å². The first kappa shape index (κ1) is 14.0. The van der Waals surface area contributed by atoms with Gasteiger partial charge >= 0.3 is 5.97 Å². The maximum Gasteiger partial charge on any atom is 0.336 e. The van der Waals surface area contributed by atoms with Gasteiger partial charge in [0, 0.05) is 25.9 Å². The zero-order valence-electron chi connectivity index (χ0n) is 11.6. The normalized spacial score (nSPS) is 20.7. The summed E-state index contributed by atoms with van der Waals surface area (Å²) in [7, 11) is 0. The number of likely N-dealkylation sites (tertiary alicyclic amines) is 1. The van der Waals surface area contributed by atoms with E-state index in [-0.39, 0.29) is 17.0 Å². The summed E-state index contributed by atoms with van der Waals surface area (Å²) < 4.78 is 11.2. The van der Waals surface area contributed by atoms with Crippen molar-refractivity contribution in [3.8, 4) is 0 Å². The maximum atomic E-state index is 12.5. The Morgan fingerprint density at radius 3 is 2.19 bits per heavy atom. The Labute approximate surface area is 122 Å². The van der Waals surface area contributed by atoms with Crippen molar-refractivity contribution in [2.45, 2.75) is 18.6 Å². The van der Waals surface area contributed by atoms with E-state index in [1.807, 2.05) is 0 Å². The molecule has 1 aromatic carbocycles. The van der Waals surface area contributed by atoms with E-state index < -0.39 is 11.8 Å². The van der Waals surface area contributed by atoms with Crippen molar-refractivity contribution in [3.63, 3.8) is 0 Å². The second kappa shape index (κ2) is 5.46. The van der Waals surface area contributed by atoms with E-state index in [2.05, 4.69) is 0 Å². The van der Waals surface area contributed by atoms with Gasteiger partial charge in [0.05, 0.1) is 24.3 Å². The van der Waals surface area contributed by atoms with Gasteiger partial charge in [-0.15, -0.1) is 0 Å². The van der Waals surface area contributed by atoms with Crippen molar-refractivity contribution >= 4 is 11.9 Å². The largest absolute Gasteiger partial charge is 0.478 e. The van der Waals surface area contributed by atoms with Crippen LogP contribution in [0.15, 0.2) is 24.3 Å². The highest BCUT2D eigenvalue weighted by Gasteiger charge is 2.41. The van der Waals surface area contributed by atoms with Gasteiger partial charge in [-0.25, -0.2) is 4.79 Å². The van der Waals surface area contributed by atoms with E-state index in [0.717, 1.165) is 0 Å². The monoisotopic (exact) mass is 291 g/mol. The summed E-state index contributed by atoms with van der Waals surface area (Å²) in [6.45, 7) is 2.20. The molecule has 2 aliphatic rings. The molecule has 0 saturated carbocycles. The number of carbonyl (C=O) groups is 2. The quantitative estimate of drug-likeness (QED) is 0.890. The molecule has 0 bridgehead atoms. The fraction of sp³-hybridized carbons (Fsp3) is 0.467. The Bertz CT molecular complexity index is 555. The van der Waals surface area contributed by atoms with Gasteiger partial charge in [-0.3, -0.25) is 4.79 Å². The summed E-state index contributed by atoms with van der Waals surface area (Å²) in [5.74, 6) is -1.88. The maximum absolute atomic E-state index is 12.5. The molecule has 6 heteroatoms. The molecule has 2 heterocycles. The van der Waals surface area contributed by atoms with E-state index in [4.69, 9.17) is 14.6 Å². The Balaban J connectivity index is 1.74. The van der Waals surface area contributed by atoms with Crippen LogP contribution in [0.5, 0.6) is 0 Å². The predicted octanol–water partition coefficient (Wildman–Crippen LogP) is 1.36. The van der Waals surface area contributed by atoms with Gasteiger partial charge in [0.15, 0.2) is 5.79 Å². The van der Waals surface area contributed by atoms with Crippen LogP contribution in [0.2, 0.25) is 0 Å². The number of hydrogen-bond acceptors (Lipinski definition) is 4. The number of carbonyl (C=O) groups excluding carboxylic acids is 1. The minimum atomic E-state index is -1.09. The fourth-order valence-electron chi connectivity index (χ4n) is 2.86. The molecule has 3 rings (SSSR count). The highest BCUT2D eigenvalue weighted by Crippen LogP contribution is 2.31. The van der Waals surface area contributed by atoms with Crippen LogP contribution < -0.4 is 0 Å². The van der Waals surface area contributed by atoms with Gasteiger partial charge < -0.3 is 19.5 Å². The van der Waals surface area contributed by atoms with E-state index in [1.54, 1.807) is 23.1 Å². The van der Waals surface area contributed by atoms with Crippen molar-refractivity contribution in [1.82, 2.24) is 4.90 Å². The number of carboxylic acid groups (broad SMARTS) is 1. The van der Waals surface area contributed by atoms with Crippen molar-refractivity contribution in [3.05, 3.63) is 35.4 Å². The molecule has 21 heavy (non-hydrogen) atoms. The van der Waals surface area contributed by atoms with E-state index in [9.17, 15) is 9.59 Å². The Hall–Kier alpha value is -1.92. The van der Waals surface area contributed by atoms with Crippen molar-refractivity contribution in [2.75, 3.05) is 26.3 Å². The minimum absolute atomic E-state index is 0.0381. The zero-order valence-corrected chi connectivity index (χ0v) is 11.6. The first-order chi connectivity index (χ1) is 10.1. The highest BCUT2D eigenvalue weighted by atomic mass is 16.7. The predicted molar refractivity (Wildman–Crippen MR) is 73.2 cm³/mol. The van der Waals surface area contributed by atoms with Crippen molar-refractivity contribution < 1.29 is 24.2 Å². The van der Waals surface area contributed by atoms with Crippen molar-refractivity contribution in [2.24, 2.45) is 0 Å². The SMILES string of the molecule is O=C(O)c1ccccc1C(=O)N1CCC2(CC1)OCCO2. The molecule has 0 unspecified atom stereocenters. The molecule has 2 aliphatic heterocycles. The number of ether oxygens (including phenoxy) is 2. The van der Waals surface area contributed by atoms with Gasteiger partial charge in [0.1, 0.15) is 0 Å². The van der Waals surface area contributed by atoms with Crippen molar-refractivity contribution in [1.29, 1.82) is 0 Å². The van der Waals surface area contributed by atoms with Gasteiger partial charge in [-0.2, -0.15) is 0 Å². The highest BCUT2D eigenvalue weighted by molar-refractivity contribution is 6.04. The summed E-state index contributed by atoms with van der Waals surface area (Å²) in [6, 6.07) is 6.29. The second-order valence-electron chi connectivity index (χ2n) is 5.25. The molecular weight excluding hydrogens is 274 g/mol. The molecule has 0 radical (unpaired) electrons. The molecule has 112 valence electrons. The van der Waals surface area contributed by atoms with Crippen LogP contribution in [-0.2, 0) is 9.47 Å². The Morgan fingerprint density at radius 2 is 1.62 bits per heavy atom. The molecule has 1 spiro atoms. The van der Waals surface area contributed by atoms with E-state index >= 15 is 0 Å². The topological polar surface area (TPSA) is 76.1 Å². The van der Waals surface area contributed by atoms with Gasteiger partial charge in [0.2, 0.25) is 0 Å². The number of nitrogens with zero attached hydrogens (tertiary/aromatic N) is 1. The van der Waals surface area contributed by atoms with Crippen LogP contribution in [0.25, 0.3) is 0 Å². The van der Waals surface area contributed by atoms with Crippen LogP contribution in [0.3, 0.4) is 0 Å². The van der Waals surface area contributed by atoms with Gasteiger partial charge in [-0.1, -0.05) is 12.1 Å². The molecule has 2 fully saturated rings. The summed E-state index contributed by atoms with van der Waals surface area (Å²) in [5.41, 5.74) is 0.269. The lowest BCUT2D eigenvalue weighted by Gasteiger charge is -2.37. The molecule has 1 N–H and O–H groups in total. The standard InChI is InChI=1S/C15H17NO5/c17-13(11-3-1-2-4-12(11)14(18)19)16-7-5-15(6-8-16)20-9-10-21-15/h1-4H,5-10H2,(H,18,19). The number of piperidine rings is 1. The average Bonchev–Trinajstić information content (AvgIpc) is 2.95. The minimum Gasteiger partial charge on any atom is -0.478 e. The number of benzene rings is 1. The van der Waals surface area contributed by atoms with E-state index in [1.165, 1.54) is 6.07 Å². The molecule has 6 nitrogen and oxygen atoms in total. The first-order valence-corrected chi connectivity index (χ1v) is 7.01. The summed E-state index contributed by atoms with van der Waals surface area (Å²) >= 11 is 0. The number of rotatable bonds is 2. The molecular formula is C15H17NO5. The lowest BCUT2D eigenvalue weighted by Crippen LogP contribution is -2.47. The number of amides is 1. The van der Waals surface area contributed by atoms with Crippen LogP contribution in [0.1, 0.15) is 33.6 Å². The van der Waals surface area contributed by atoms with Crippen LogP contribution in [0.4, 0.5) is 0 Å². The number of aromatic carboxylic acids is 1. The smallest absolute Gasteiger partial charge is 0.336 e. The van der Waals surface area contributed by atoms with Gasteiger partial charge in [0.25, 0.3) is 5.91 Å². The number of hydrogen-bond donors (Lipinski definition) is 1. The third-order valence-corrected chi connectivity index (χ3v) is 4.01. The zero-order chi connectivity index (χ0) is 14.9.